The molecule has 0 spiro atoms. The molecule has 4 rings (SSSR count). The lowest BCUT2D eigenvalue weighted by molar-refractivity contribution is 0.662. The summed E-state index contributed by atoms with van der Waals surface area (Å²) in [5.74, 6) is 1.52. The standard InChI is InChI=1S/C20H24N4/c1-3-7-19(8-4-1)23(15-17-11-12-17)21-22-24(16-18-13-14-18)20-9-5-2-6-10-20/h1-10,17-18H,11-16H2/b22-21+. The van der Waals surface area contributed by atoms with Crippen molar-refractivity contribution >= 4 is 11.4 Å². The van der Waals surface area contributed by atoms with Gasteiger partial charge in [-0.3, -0.25) is 0 Å². The van der Waals surface area contributed by atoms with Crippen molar-refractivity contribution in [2.45, 2.75) is 25.7 Å². The van der Waals surface area contributed by atoms with Crippen molar-refractivity contribution in [3.8, 4) is 0 Å². The molecule has 2 aromatic rings. The quantitative estimate of drug-likeness (QED) is 0.500. The van der Waals surface area contributed by atoms with Gasteiger partial charge in [0.05, 0.1) is 11.4 Å². The molecule has 4 nitrogen and oxygen atoms in total. The Bertz CT molecular complexity index is 603. The topological polar surface area (TPSA) is 31.2 Å². The van der Waals surface area contributed by atoms with E-state index in [1.54, 1.807) is 0 Å². The number of benzene rings is 2. The molecule has 124 valence electrons. The van der Waals surface area contributed by atoms with Crippen molar-refractivity contribution < 1.29 is 0 Å². The fourth-order valence-corrected chi connectivity index (χ4v) is 2.77. The maximum Gasteiger partial charge on any atom is 0.0611 e. The molecule has 0 aliphatic heterocycles. The first-order valence-electron chi connectivity index (χ1n) is 8.95. The molecule has 24 heavy (non-hydrogen) atoms. The number of rotatable bonds is 8. The van der Waals surface area contributed by atoms with Gasteiger partial charge < -0.3 is 0 Å². The van der Waals surface area contributed by atoms with E-state index in [1.807, 2.05) is 12.1 Å². The van der Waals surface area contributed by atoms with Crippen molar-refractivity contribution in [2.75, 3.05) is 23.1 Å². The number of hydrogen-bond acceptors (Lipinski definition) is 2. The summed E-state index contributed by atoms with van der Waals surface area (Å²) in [5, 5.41) is 13.3. The van der Waals surface area contributed by atoms with Crippen LogP contribution in [0, 0.1) is 11.8 Å². The van der Waals surface area contributed by atoms with E-state index in [1.165, 1.54) is 25.7 Å². The number of anilines is 2. The van der Waals surface area contributed by atoms with Gasteiger partial charge in [-0.05, 0) is 72.2 Å². The van der Waals surface area contributed by atoms with E-state index in [0.717, 1.165) is 36.3 Å². The third kappa shape index (κ3) is 4.13. The summed E-state index contributed by atoms with van der Waals surface area (Å²) in [4.78, 5) is 0. The highest BCUT2D eigenvalue weighted by Crippen LogP contribution is 2.33. The Morgan fingerprint density at radius 2 is 1.00 bits per heavy atom. The van der Waals surface area contributed by atoms with Crippen LogP contribution in [0.4, 0.5) is 11.4 Å². The van der Waals surface area contributed by atoms with Gasteiger partial charge in [-0.1, -0.05) is 36.4 Å². The van der Waals surface area contributed by atoms with Crippen molar-refractivity contribution in [3.05, 3.63) is 60.7 Å². The fourth-order valence-electron chi connectivity index (χ4n) is 2.77. The second kappa shape index (κ2) is 7.04. The highest BCUT2D eigenvalue weighted by Gasteiger charge is 2.26. The van der Waals surface area contributed by atoms with E-state index in [9.17, 15) is 0 Å². The molecule has 2 aliphatic carbocycles. The van der Waals surface area contributed by atoms with Gasteiger partial charge in [0.2, 0.25) is 0 Å². The van der Waals surface area contributed by atoms with Crippen LogP contribution >= 0.6 is 0 Å². The molecule has 0 atom stereocenters. The van der Waals surface area contributed by atoms with Crippen molar-refractivity contribution in [3.63, 3.8) is 0 Å². The Morgan fingerprint density at radius 3 is 1.33 bits per heavy atom. The van der Waals surface area contributed by atoms with Crippen molar-refractivity contribution in [1.82, 2.24) is 0 Å². The smallest absolute Gasteiger partial charge is 0.0611 e. The highest BCUT2D eigenvalue weighted by molar-refractivity contribution is 5.46. The molecule has 0 unspecified atom stereocenters. The Hall–Kier alpha value is -2.36. The first-order valence-corrected chi connectivity index (χ1v) is 8.95. The summed E-state index contributed by atoms with van der Waals surface area (Å²) in [5.41, 5.74) is 2.24. The Kier molecular flexibility index (Phi) is 4.45. The summed E-state index contributed by atoms with van der Waals surface area (Å²) in [7, 11) is 0. The van der Waals surface area contributed by atoms with E-state index in [2.05, 4.69) is 69.0 Å². The number of hydrogen-bond donors (Lipinski definition) is 0. The summed E-state index contributed by atoms with van der Waals surface area (Å²) in [6, 6.07) is 20.7. The van der Waals surface area contributed by atoms with E-state index in [0.29, 0.717) is 0 Å². The zero-order valence-corrected chi connectivity index (χ0v) is 14.0. The molecule has 0 bridgehead atoms. The summed E-state index contributed by atoms with van der Waals surface area (Å²) in [6.45, 7) is 1.92. The molecule has 0 radical (unpaired) electrons. The van der Waals surface area contributed by atoms with E-state index >= 15 is 0 Å². The lowest BCUT2D eigenvalue weighted by Crippen LogP contribution is -2.23. The molecule has 2 fully saturated rings. The number of para-hydroxylation sites is 2. The minimum Gasteiger partial charge on any atom is -0.245 e. The fraction of sp³-hybridized carbons (Fsp3) is 0.400. The zero-order valence-electron chi connectivity index (χ0n) is 14.0. The average Bonchev–Trinajstić information content (AvgIpc) is 3.55. The monoisotopic (exact) mass is 320 g/mol. The van der Waals surface area contributed by atoms with E-state index in [4.69, 9.17) is 0 Å². The zero-order chi connectivity index (χ0) is 16.2. The van der Waals surface area contributed by atoms with Gasteiger partial charge in [0.1, 0.15) is 0 Å². The normalized spacial score (nSPS) is 17.2. The van der Waals surface area contributed by atoms with Crippen LogP contribution in [-0.4, -0.2) is 13.1 Å². The summed E-state index contributed by atoms with van der Waals surface area (Å²) < 4.78 is 0. The second-order valence-electron chi connectivity index (χ2n) is 6.90. The largest absolute Gasteiger partial charge is 0.245 e. The van der Waals surface area contributed by atoms with Crippen molar-refractivity contribution in [1.29, 1.82) is 0 Å². The van der Waals surface area contributed by atoms with Gasteiger partial charge in [-0.25, -0.2) is 10.0 Å². The lowest BCUT2D eigenvalue weighted by atomic mass is 10.3. The Labute approximate surface area is 143 Å². The average molecular weight is 320 g/mol. The molecule has 2 aromatic carbocycles. The van der Waals surface area contributed by atoms with Crippen LogP contribution in [0.15, 0.2) is 71.1 Å². The van der Waals surface area contributed by atoms with Gasteiger partial charge in [0, 0.05) is 13.1 Å². The molecule has 4 heteroatoms. The SMILES string of the molecule is c1ccc(N(CC2CC2)/N=N/N(CC2CC2)c2ccccc2)cc1. The first-order chi connectivity index (χ1) is 11.9. The van der Waals surface area contributed by atoms with Crippen molar-refractivity contribution in [2.24, 2.45) is 22.3 Å². The van der Waals surface area contributed by atoms with Gasteiger partial charge in [0.15, 0.2) is 0 Å². The maximum absolute atomic E-state index is 4.62. The van der Waals surface area contributed by atoms with Crippen LogP contribution in [0.25, 0.3) is 0 Å². The Balaban J connectivity index is 1.53. The number of nitrogens with zero attached hydrogens (tertiary/aromatic N) is 4. The van der Waals surface area contributed by atoms with Gasteiger partial charge >= 0.3 is 0 Å². The maximum atomic E-state index is 4.62. The summed E-state index contributed by atoms with van der Waals surface area (Å²) >= 11 is 0. The molecule has 0 heterocycles. The first kappa shape index (κ1) is 15.2. The molecule has 0 aromatic heterocycles. The Morgan fingerprint density at radius 1 is 0.625 bits per heavy atom. The molecule has 0 amide bonds. The van der Waals surface area contributed by atoms with Crippen LogP contribution in [0.1, 0.15) is 25.7 Å². The van der Waals surface area contributed by atoms with Crippen LogP contribution in [-0.2, 0) is 0 Å². The minimum absolute atomic E-state index is 0.762. The molecule has 0 N–H and O–H groups in total. The minimum atomic E-state index is 0.762. The molecule has 2 saturated carbocycles. The van der Waals surface area contributed by atoms with Gasteiger partial charge in [0.25, 0.3) is 0 Å². The lowest BCUT2D eigenvalue weighted by Gasteiger charge is -2.21. The second-order valence-corrected chi connectivity index (χ2v) is 6.90. The summed E-state index contributed by atoms with van der Waals surface area (Å²) in [6.07, 6.45) is 5.24. The molecular weight excluding hydrogens is 296 g/mol. The predicted octanol–water partition coefficient (Wildman–Crippen LogP) is 5.10. The third-order valence-corrected chi connectivity index (χ3v) is 4.62. The van der Waals surface area contributed by atoms with Crippen LogP contribution in [0.2, 0.25) is 0 Å². The van der Waals surface area contributed by atoms with E-state index in [-0.39, 0.29) is 0 Å². The third-order valence-electron chi connectivity index (χ3n) is 4.62. The predicted molar refractivity (Wildman–Crippen MR) is 97.9 cm³/mol. The van der Waals surface area contributed by atoms with Gasteiger partial charge in [-0.15, -0.1) is 0 Å². The van der Waals surface area contributed by atoms with Gasteiger partial charge in [-0.2, -0.15) is 0 Å². The van der Waals surface area contributed by atoms with E-state index < -0.39 is 0 Å². The van der Waals surface area contributed by atoms with Crippen LogP contribution < -0.4 is 10.0 Å². The molecule has 2 aliphatic rings. The molecule has 0 saturated heterocycles. The highest BCUT2D eigenvalue weighted by atomic mass is 15.7. The molecular formula is C20H24N4. The van der Waals surface area contributed by atoms with Crippen LogP contribution in [0.5, 0.6) is 0 Å². The van der Waals surface area contributed by atoms with Crippen LogP contribution in [0.3, 0.4) is 0 Å².